The quantitative estimate of drug-likeness (QED) is 0.770. The third kappa shape index (κ3) is 3.56. The fourth-order valence-corrected chi connectivity index (χ4v) is 1.57. The molecule has 0 saturated heterocycles. The van der Waals surface area contributed by atoms with Crippen LogP contribution in [0.3, 0.4) is 0 Å². The molecule has 0 atom stereocenters. The topological polar surface area (TPSA) is 68.5 Å². The number of hydrogen-bond acceptors (Lipinski definition) is 4. The maximum atomic E-state index is 12.3. The van der Waals surface area contributed by atoms with E-state index in [9.17, 15) is 4.79 Å². The van der Waals surface area contributed by atoms with E-state index in [4.69, 9.17) is 10.5 Å². The summed E-state index contributed by atoms with van der Waals surface area (Å²) in [6.45, 7) is 6.90. The first-order chi connectivity index (χ1) is 8.60. The first kappa shape index (κ1) is 14.2. The Morgan fingerprint density at radius 2 is 2.39 bits per heavy atom. The largest absolute Gasteiger partial charge is 0.397 e. The first-order valence-electron chi connectivity index (χ1n) is 5.71. The molecule has 2 N–H and O–H groups in total. The average Bonchev–Trinajstić information content (AvgIpc) is 2.36. The van der Waals surface area contributed by atoms with E-state index in [1.165, 1.54) is 0 Å². The fourth-order valence-electron chi connectivity index (χ4n) is 1.57. The lowest BCUT2D eigenvalue weighted by atomic mass is 10.1. The Morgan fingerprint density at radius 1 is 1.67 bits per heavy atom. The van der Waals surface area contributed by atoms with Crippen LogP contribution in [0.15, 0.2) is 24.9 Å². The minimum atomic E-state index is -0.107. The van der Waals surface area contributed by atoms with Crippen LogP contribution in [-0.2, 0) is 4.74 Å². The SMILES string of the molecule is C=CCN(CCOC)C(=O)c1cc(N)cnc1C. The number of aryl methyl sites for hydroxylation is 1. The number of methoxy groups -OCH3 is 1. The second kappa shape index (κ2) is 6.76. The maximum absolute atomic E-state index is 12.3. The van der Waals surface area contributed by atoms with Gasteiger partial charge in [0.1, 0.15) is 0 Å². The molecule has 1 amide bonds. The first-order valence-corrected chi connectivity index (χ1v) is 5.71. The van der Waals surface area contributed by atoms with Crippen LogP contribution in [0.25, 0.3) is 0 Å². The molecule has 5 nitrogen and oxygen atoms in total. The summed E-state index contributed by atoms with van der Waals surface area (Å²) in [6, 6.07) is 1.65. The van der Waals surface area contributed by atoms with Crippen molar-refractivity contribution in [1.82, 2.24) is 9.88 Å². The highest BCUT2D eigenvalue weighted by Gasteiger charge is 2.17. The number of pyridine rings is 1. The second-order valence-corrected chi connectivity index (χ2v) is 3.93. The van der Waals surface area contributed by atoms with E-state index in [0.717, 1.165) is 0 Å². The number of anilines is 1. The summed E-state index contributed by atoms with van der Waals surface area (Å²) in [5, 5.41) is 0. The van der Waals surface area contributed by atoms with Gasteiger partial charge in [-0.05, 0) is 13.0 Å². The van der Waals surface area contributed by atoms with E-state index < -0.39 is 0 Å². The molecule has 1 rings (SSSR count). The Morgan fingerprint density at radius 3 is 3.00 bits per heavy atom. The van der Waals surface area contributed by atoms with Gasteiger partial charge in [-0.2, -0.15) is 0 Å². The lowest BCUT2D eigenvalue weighted by Gasteiger charge is -2.21. The summed E-state index contributed by atoms with van der Waals surface area (Å²) >= 11 is 0. The molecule has 0 aliphatic carbocycles. The number of nitrogens with two attached hydrogens (primary N) is 1. The normalized spacial score (nSPS) is 10.1. The Bertz CT molecular complexity index is 432. The van der Waals surface area contributed by atoms with Crippen LogP contribution in [-0.4, -0.2) is 42.6 Å². The fraction of sp³-hybridized carbons (Fsp3) is 0.385. The molecule has 5 heteroatoms. The lowest BCUT2D eigenvalue weighted by molar-refractivity contribution is 0.0717. The van der Waals surface area contributed by atoms with Crippen LogP contribution in [0.4, 0.5) is 5.69 Å². The molecule has 0 fully saturated rings. The lowest BCUT2D eigenvalue weighted by Crippen LogP contribution is -2.34. The van der Waals surface area contributed by atoms with Gasteiger partial charge in [0.2, 0.25) is 0 Å². The third-order valence-corrected chi connectivity index (χ3v) is 2.54. The predicted octanol–water partition coefficient (Wildman–Crippen LogP) is 1.25. The van der Waals surface area contributed by atoms with Crippen LogP contribution in [0.1, 0.15) is 16.1 Å². The van der Waals surface area contributed by atoms with Crippen molar-refractivity contribution >= 4 is 11.6 Å². The van der Waals surface area contributed by atoms with E-state index >= 15 is 0 Å². The second-order valence-electron chi connectivity index (χ2n) is 3.93. The van der Waals surface area contributed by atoms with Gasteiger partial charge in [0.25, 0.3) is 5.91 Å². The molecule has 1 aromatic heterocycles. The molecule has 18 heavy (non-hydrogen) atoms. The Balaban J connectivity index is 2.93. The van der Waals surface area contributed by atoms with Gasteiger partial charge in [-0.15, -0.1) is 6.58 Å². The minimum Gasteiger partial charge on any atom is -0.397 e. The van der Waals surface area contributed by atoms with E-state index in [1.807, 2.05) is 0 Å². The molecule has 0 saturated carbocycles. The monoisotopic (exact) mass is 249 g/mol. The van der Waals surface area contributed by atoms with E-state index in [2.05, 4.69) is 11.6 Å². The van der Waals surface area contributed by atoms with Gasteiger partial charge in [-0.3, -0.25) is 9.78 Å². The predicted molar refractivity (Wildman–Crippen MR) is 71.4 cm³/mol. The minimum absolute atomic E-state index is 0.107. The molecule has 0 aliphatic rings. The van der Waals surface area contributed by atoms with Crippen LogP contribution in [0, 0.1) is 6.92 Å². The van der Waals surface area contributed by atoms with Gasteiger partial charge in [0, 0.05) is 20.2 Å². The molecular weight excluding hydrogens is 230 g/mol. The number of carbonyl (C=O) groups is 1. The van der Waals surface area contributed by atoms with Crippen molar-refractivity contribution in [2.24, 2.45) is 0 Å². The molecule has 1 aromatic rings. The Labute approximate surface area is 107 Å². The summed E-state index contributed by atoms with van der Waals surface area (Å²) < 4.78 is 4.99. The third-order valence-electron chi connectivity index (χ3n) is 2.54. The van der Waals surface area contributed by atoms with Crippen LogP contribution >= 0.6 is 0 Å². The van der Waals surface area contributed by atoms with Crippen molar-refractivity contribution in [2.45, 2.75) is 6.92 Å². The van der Waals surface area contributed by atoms with Crippen LogP contribution in [0.5, 0.6) is 0 Å². The molecule has 98 valence electrons. The van der Waals surface area contributed by atoms with Crippen molar-refractivity contribution in [3.8, 4) is 0 Å². The zero-order chi connectivity index (χ0) is 13.5. The van der Waals surface area contributed by atoms with Crippen molar-refractivity contribution in [3.63, 3.8) is 0 Å². The van der Waals surface area contributed by atoms with Crippen molar-refractivity contribution in [3.05, 3.63) is 36.2 Å². The van der Waals surface area contributed by atoms with E-state index in [0.29, 0.717) is 36.6 Å². The smallest absolute Gasteiger partial charge is 0.256 e. The molecule has 0 aromatic carbocycles. The van der Waals surface area contributed by atoms with E-state index in [1.54, 1.807) is 37.3 Å². The summed E-state index contributed by atoms with van der Waals surface area (Å²) in [5.41, 5.74) is 7.33. The number of nitrogen functional groups attached to an aromatic ring is 1. The molecule has 0 spiro atoms. The maximum Gasteiger partial charge on any atom is 0.256 e. The van der Waals surface area contributed by atoms with Gasteiger partial charge in [0.15, 0.2) is 0 Å². The summed E-state index contributed by atoms with van der Waals surface area (Å²) in [5.74, 6) is -0.107. The Hall–Kier alpha value is -1.88. The highest BCUT2D eigenvalue weighted by Crippen LogP contribution is 2.12. The zero-order valence-electron chi connectivity index (χ0n) is 10.8. The molecule has 0 bridgehead atoms. The highest BCUT2D eigenvalue weighted by molar-refractivity contribution is 5.96. The van der Waals surface area contributed by atoms with Gasteiger partial charge in [-0.1, -0.05) is 6.08 Å². The van der Waals surface area contributed by atoms with Gasteiger partial charge in [-0.25, -0.2) is 0 Å². The average molecular weight is 249 g/mol. The highest BCUT2D eigenvalue weighted by atomic mass is 16.5. The molecular formula is C13H19N3O2. The number of carbonyl (C=O) groups excluding carboxylic acids is 1. The van der Waals surface area contributed by atoms with Gasteiger partial charge < -0.3 is 15.4 Å². The van der Waals surface area contributed by atoms with Crippen LogP contribution in [0.2, 0.25) is 0 Å². The molecule has 0 unspecified atom stereocenters. The van der Waals surface area contributed by atoms with Crippen LogP contribution < -0.4 is 5.73 Å². The van der Waals surface area contributed by atoms with Gasteiger partial charge >= 0.3 is 0 Å². The van der Waals surface area contributed by atoms with Gasteiger partial charge in [0.05, 0.1) is 29.7 Å². The van der Waals surface area contributed by atoms with Crippen molar-refractivity contribution in [2.75, 3.05) is 32.5 Å². The summed E-state index contributed by atoms with van der Waals surface area (Å²) in [6.07, 6.45) is 3.22. The molecule has 0 radical (unpaired) electrons. The van der Waals surface area contributed by atoms with Crippen molar-refractivity contribution in [1.29, 1.82) is 0 Å². The Kier molecular flexibility index (Phi) is 5.32. The number of ether oxygens (including phenoxy) is 1. The van der Waals surface area contributed by atoms with Crippen molar-refractivity contribution < 1.29 is 9.53 Å². The number of rotatable bonds is 6. The molecule has 0 aliphatic heterocycles. The van der Waals surface area contributed by atoms with E-state index in [-0.39, 0.29) is 5.91 Å². The number of aromatic nitrogens is 1. The number of amides is 1. The summed E-state index contributed by atoms with van der Waals surface area (Å²) in [7, 11) is 1.60. The standard InChI is InChI=1S/C13H19N3O2/c1-4-5-16(6-7-18-3)13(17)12-8-11(14)9-15-10(12)2/h4,8-9H,1,5-7,14H2,2-3H3. The zero-order valence-corrected chi connectivity index (χ0v) is 10.8. The number of hydrogen-bond donors (Lipinski definition) is 1. The number of nitrogens with zero attached hydrogens (tertiary/aromatic N) is 2. The molecule has 1 heterocycles. The summed E-state index contributed by atoms with van der Waals surface area (Å²) in [4.78, 5) is 18.1.